The molecule has 3 nitrogen and oxygen atoms in total. The van der Waals surface area contributed by atoms with Crippen molar-refractivity contribution in [3.63, 3.8) is 0 Å². The van der Waals surface area contributed by atoms with E-state index in [1.807, 2.05) is 12.1 Å². The maximum absolute atomic E-state index is 5.94. The van der Waals surface area contributed by atoms with Crippen LogP contribution in [0.1, 0.15) is 13.3 Å². The monoisotopic (exact) mass is 273 g/mol. The summed E-state index contributed by atoms with van der Waals surface area (Å²) >= 11 is 0. The molecule has 3 heteroatoms. The van der Waals surface area contributed by atoms with Crippen molar-refractivity contribution >= 4 is 10.8 Å². The van der Waals surface area contributed by atoms with Gasteiger partial charge in [-0.3, -0.25) is 0 Å². The van der Waals surface area contributed by atoms with E-state index in [9.17, 15) is 0 Å². The van der Waals surface area contributed by atoms with Crippen LogP contribution in [0, 0.1) is 0 Å². The highest BCUT2D eigenvalue weighted by Gasteiger charge is 2.04. The van der Waals surface area contributed by atoms with E-state index in [0.29, 0.717) is 0 Å². The standard InChI is InChI=1S/C17H23NO2/c1-14(13-18-10-5-11-19-2)20-17-9-8-15-6-3-4-7-16(15)12-17/h3-4,6-9,12,14,18H,5,10-11,13H2,1-2H3. The lowest BCUT2D eigenvalue weighted by Crippen LogP contribution is -2.30. The third kappa shape index (κ3) is 4.51. The Bertz CT molecular complexity index is 527. The largest absolute Gasteiger partial charge is 0.489 e. The molecular formula is C17H23NO2. The van der Waals surface area contributed by atoms with E-state index in [0.717, 1.165) is 31.9 Å². The zero-order valence-corrected chi connectivity index (χ0v) is 12.3. The van der Waals surface area contributed by atoms with Crippen LogP contribution in [0.25, 0.3) is 10.8 Å². The summed E-state index contributed by atoms with van der Waals surface area (Å²) in [5.41, 5.74) is 0. The molecule has 0 saturated carbocycles. The van der Waals surface area contributed by atoms with E-state index < -0.39 is 0 Å². The summed E-state index contributed by atoms with van der Waals surface area (Å²) in [6.45, 7) is 4.68. The highest BCUT2D eigenvalue weighted by atomic mass is 16.5. The molecule has 0 spiro atoms. The summed E-state index contributed by atoms with van der Waals surface area (Å²) in [6, 6.07) is 14.5. The van der Waals surface area contributed by atoms with Gasteiger partial charge in [-0.25, -0.2) is 0 Å². The summed E-state index contributed by atoms with van der Waals surface area (Å²) in [4.78, 5) is 0. The Hall–Kier alpha value is -1.58. The van der Waals surface area contributed by atoms with Crippen molar-refractivity contribution in [3.05, 3.63) is 42.5 Å². The Morgan fingerprint density at radius 1 is 1.10 bits per heavy atom. The molecule has 1 atom stereocenters. The molecule has 20 heavy (non-hydrogen) atoms. The van der Waals surface area contributed by atoms with Gasteiger partial charge in [-0.05, 0) is 42.8 Å². The summed E-state index contributed by atoms with van der Waals surface area (Å²) in [6.07, 6.45) is 1.18. The van der Waals surface area contributed by atoms with Crippen molar-refractivity contribution in [3.8, 4) is 5.75 Å². The predicted octanol–water partition coefficient (Wildman–Crippen LogP) is 3.23. The van der Waals surface area contributed by atoms with Gasteiger partial charge in [0.05, 0.1) is 0 Å². The number of benzene rings is 2. The molecule has 0 saturated heterocycles. The average Bonchev–Trinajstić information content (AvgIpc) is 2.47. The van der Waals surface area contributed by atoms with Gasteiger partial charge in [0.1, 0.15) is 11.9 Å². The number of fused-ring (bicyclic) bond motifs is 1. The van der Waals surface area contributed by atoms with Crippen LogP contribution < -0.4 is 10.1 Å². The first kappa shape index (κ1) is 14.8. The highest BCUT2D eigenvalue weighted by molar-refractivity contribution is 5.83. The van der Waals surface area contributed by atoms with Crippen LogP contribution >= 0.6 is 0 Å². The predicted molar refractivity (Wildman–Crippen MR) is 83.4 cm³/mol. The van der Waals surface area contributed by atoms with Gasteiger partial charge in [-0.2, -0.15) is 0 Å². The lowest BCUT2D eigenvalue weighted by atomic mass is 10.1. The van der Waals surface area contributed by atoms with Gasteiger partial charge < -0.3 is 14.8 Å². The Kier molecular flexibility index (Phi) is 5.84. The van der Waals surface area contributed by atoms with Gasteiger partial charge in [-0.1, -0.05) is 30.3 Å². The number of hydrogen-bond donors (Lipinski definition) is 1. The summed E-state index contributed by atoms with van der Waals surface area (Å²) in [5.74, 6) is 0.926. The van der Waals surface area contributed by atoms with Gasteiger partial charge in [0.15, 0.2) is 0 Å². The number of hydrogen-bond acceptors (Lipinski definition) is 3. The van der Waals surface area contributed by atoms with Gasteiger partial charge in [-0.15, -0.1) is 0 Å². The third-order valence-electron chi connectivity index (χ3n) is 3.19. The zero-order valence-electron chi connectivity index (χ0n) is 12.3. The molecule has 108 valence electrons. The fraction of sp³-hybridized carbons (Fsp3) is 0.412. The van der Waals surface area contributed by atoms with E-state index in [4.69, 9.17) is 9.47 Å². The molecule has 0 fully saturated rings. The van der Waals surface area contributed by atoms with Gasteiger partial charge in [0.2, 0.25) is 0 Å². The fourth-order valence-electron chi connectivity index (χ4n) is 2.16. The minimum atomic E-state index is 0.152. The lowest BCUT2D eigenvalue weighted by molar-refractivity contribution is 0.188. The van der Waals surface area contributed by atoms with Crippen LogP contribution in [0.3, 0.4) is 0 Å². The first-order valence-corrected chi connectivity index (χ1v) is 7.14. The molecule has 1 unspecified atom stereocenters. The first-order valence-electron chi connectivity index (χ1n) is 7.14. The summed E-state index contributed by atoms with van der Waals surface area (Å²) < 4.78 is 10.9. The topological polar surface area (TPSA) is 30.5 Å². The zero-order chi connectivity index (χ0) is 14.2. The van der Waals surface area contributed by atoms with E-state index in [1.54, 1.807) is 7.11 Å². The van der Waals surface area contributed by atoms with Crippen molar-refractivity contribution < 1.29 is 9.47 Å². The number of rotatable bonds is 8. The van der Waals surface area contributed by atoms with Crippen molar-refractivity contribution in [2.45, 2.75) is 19.4 Å². The lowest BCUT2D eigenvalue weighted by Gasteiger charge is -2.16. The smallest absolute Gasteiger partial charge is 0.120 e. The SMILES string of the molecule is COCCCNCC(C)Oc1ccc2ccccc2c1. The number of methoxy groups -OCH3 is 1. The second-order valence-corrected chi connectivity index (χ2v) is 4.99. The van der Waals surface area contributed by atoms with E-state index in [2.05, 4.69) is 42.6 Å². The van der Waals surface area contributed by atoms with Crippen LogP contribution in [0.2, 0.25) is 0 Å². The van der Waals surface area contributed by atoms with Crippen LogP contribution in [0.5, 0.6) is 5.75 Å². The van der Waals surface area contributed by atoms with Crippen LogP contribution in [-0.2, 0) is 4.74 Å². The normalized spacial score (nSPS) is 12.5. The van der Waals surface area contributed by atoms with Crippen molar-refractivity contribution in [1.29, 1.82) is 0 Å². The molecule has 0 radical (unpaired) electrons. The van der Waals surface area contributed by atoms with Crippen molar-refractivity contribution in [1.82, 2.24) is 5.32 Å². The average molecular weight is 273 g/mol. The van der Waals surface area contributed by atoms with E-state index in [-0.39, 0.29) is 6.10 Å². The Balaban J connectivity index is 1.81. The Morgan fingerprint density at radius 3 is 2.70 bits per heavy atom. The molecule has 2 aromatic rings. The van der Waals surface area contributed by atoms with Crippen LogP contribution in [0.4, 0.5) is 0 Å². The molecule has 0 heterocycles. The Labute approximate surface area is 120 Å². The van der Waals surface area contributed by atoms with Crippen LogP contribution in [0.15, 0.2) is 42.5 Å². The highest BCUT2D eigenvalue weighted by Crippen LogP contribution is 2.21. The molecule has 1 N–H and O–H groups in total. The number of nitrogens with one attached hydrogen (secondary N) is 1. The van der Waals surface area contributed by atoms with Crippen molar-refractivity contribution in [2.75, 3.05) is 26.8 Å². The molecule has 0 aliphatic heterocycles. The molecule has 2 aromatic carbocycles. The summed E-state index contributed by atoms with van der Waals surface area (Å²) in [5, 5.41) is 5.83. The Morgan fingerprint density at radius 2 is 1.90 bits per heavy atom. The minimum Gasteiger partial charge on any atom is -0.489 e. The molecule has 0 aliphatic rings. The fourth-order valence-corrected chi connectivity index (χ4v) is 2.16. The number of ether oxygens (including phenoxy) is 2. The molecular weight excluding hydrogens is 250 g/mol. The second-order valence-electron chi connectivity index (χ2n) is 4.99. The van der Waals surface area contributed by atoms with Crippen LogP contribution in [-0.4, -0.2) is 32.9 Å². The van der Waals surface area contributed by atoms with E-state index >= 15 is 0 Å². The van der Waals surface area contributed by atoms with E-state index in [1.165, 1.54) is 10.8 Å². The maximum atomic E-state index is 5.94. The molecule has 0 bridgehead atoms. The third-order valence-corrected chi connectivity index (χ3v) is 3.19. The molecule has 0 amide bonds. The molecule has 2 rings (SSSR count). The van der Waals surface area contributed by atoms with Gasteiger partial charge in [0, 0.05) is 20.3 Å². The van der Waals surface area contributed by atoms with Crippen molar-refractivity contribution in [2.24, 2.45) is 0 Å². The molecule has 0 aromatic heterocycles. The minimum absolute atomic E-state index is 0.152. The van der Waals surface area contributed by atoms with Gasteiger partial charge >= 0.3 is 0 Å². The van der Waals surface area contributed by atoms with Gasteiger partial charge in [0.25, 0.3) is 0 Å². The maximum Gasteiger partial charge on any atom is 0.120 e. The molecule has 0 aliphatic carbocycles. The summed E-state index contributed by atoms with van der Waals surface area (Å²) in [7, 11) is 1.73. The first-order chi connectivity index (χ1) is 9.79. The quantitative estimate of drug-likeness (QED) is 0.749. The second kappa shape index (κ2) is 7.88.